The molecule has 1 aliphatic rings. The van der Waals surface area contributed by atoms with E-state index < -0.39 is 17.6 Å². The Morgan fingerprint density at radius 1 is 1.21 bits per heavy atom. The number of aromatic nitrogens is 2. The van der Waals surface area contributed by atoms with E-state index in [0.29, 0.717) is 43.3 Å². The second-order valence-corrected chi connectivity index (χ2v) is 6.85. The molecule has 3 rings (SSSR count). The number of esters is 2. The highest BCUT2D eigenvalue weighted by Gasteiger charge is 2.31. The lowest BCUT2D eigenvalue weighted by atomic mass is 9.97. The Balaban J connectivity index is 1.64. The summed E-state index contributed by atoms with van der Waals surface area (Å²) in [5.41, 5.74) is -0.466. The van der Waals surface area contributed by atoms with Crippen LogP contribution in [0.4, 0.5) is 0 Å². The van der Waals surface area contributed by atoms with E-state index in [1.807, 2.05) is 0 Å². The van der Waals surface area contributed by atoms with Crippen LogP contribution >= 0.6 is 0 Å². The average molecular weight is 401 g/mol. The highest BCUT2D eigenvalue weighted by atomic mass is 16.5. The first-order valence-corrected chi connectivity index (χ1v) is 9.56. The van der Waals surface area contributed by atoms with Gasteiger partial charge in [-0.25, -0.2) is 9.89 Å². The van der Waals surface area contributed by atoms with E-state index in [0.717, 1.165) is 0 Å². The van der Waals surface area contributed by atoms with Crippen molar-refractivity contribution in [2.45, 2.75) is 32.8 Å². The van der Waals surface area contributed by atoms with Crippen molar-refractivity contribution in [3.05, 3.63) is 40.3 Å². The minimum Gasteiger partial charge on any atom is -0.466 e. The minimum atomic E-state index is -1.02. The van der Waals surface area contributed by atoms with Crippen LogP contribution in [-0.2, 0) is 19.1 Å². The van der Waals surface area contributed by atoms with Gasteiger partial charge in [0, 0.05) is 18.5 Å². The van der Waals surface area contributed by atoms with Gasteiger partial charge in [-0.15, -0.1) is 0 Å². The van der Waals surface area contributed by atoms with Gasteiger partial charge in [0.05, 0.1) is 17.9 Å². The van der Waals surface area contributed by atoms with Gasteiger partial charge in [-0.05, 0) is 32.8 Å². The van der Waals surface area contributed by atoms with Gasteiger partial charge in [0.1, 0.15) is 0 Å². The Hall–Kier alpha value is -3.23. The SMILES string of the molecule is CCOC(=O)C1CCN(C(=O)[C@@H](C)OC(=O)c2n[nH]c(=O)c3ccccc23)CC1. The van der Waals surface area contributed by atoms with Crippen LogP contribution in [0.5, 0.6) is 0 Å². The predicted octanol–water partition coefficient (Wildman–Crippen LogP) is 1.27. The minimum absolute atomic E-state index is 0.0548. The number of carbonyl (C=O) groups is 3. The monoisotopic (exact) mass is 401 g/mol. The van der Waals surface area contributed by atoms with E-state index >= 15 is 0 Å². The highest BCUT2D eigenvalue weighted by molar-refractivity contribution is 6.02. The molecule has 0 bridgehead atoms. The quantitative estimate of drug-likeness (QED) is 0.750. The molecule has 1 aliphatic heterocycles. The third-order valence-corrected chi connectivity index (χ3v) is 4.95. The van der Waals surface area contributed by atoms with Crippen molar-refractivity contribution in [1.29, 1.82) is 0 Å². The second-order valence-electron chi connectivity index (χ2n) is 6.85. The fourth-order valence-electron chi connectivity index (χ4n) is 3.39. The molecule has 2 aromatic rings. The summed E-state index contributed by atoms with van der Waals surface area (Å²) < 4.78 is 10.3. The topological polar surface area (TPSA) is 119 Å². The maximum absolute atomic E-state index is 12.6. The summed E-state index contributed by atoms with van der Waals surface area (Å²) in [6.45, 7) is 4.37. The fourth-order valence-corrected chi connectivity index (χ4v) is 3.39. The van der Waals surface area contributed by atoms with Crippen LogP contribution in [0, 0.1) is 5.92 Å². The van der Waals surface area contributed by atoms with E-state index in [4.69, 9.17) is 9.47 Å². The summed E-state index contributed by atoms with van der Waals surface area (Å²) in [4.78, 5) is 50.4. The van der Waals surface area contributed by atoms with Gasteiger partial charge >= 0.3 is 11.9 Å². The van der Waals surface area contributed by atoms with Crippen LogP contribution in [0.1, 0.15) is 37.2 Å². The summed E-state index contributed by atoms with van der Waals surface area (Å²) in [5, 5.41) is 6.73. The van der Waals surface area contributed by atoms with Crippen molar-refractivity contribution in [1.82, 2.24) is 15.1 Å². The van der Waals surface area contributed by atoms with Gasteiger partial charge in [0.15, 0.2) is 11.8 Å². The number of aromatic amines is 1. The molecule has 29 heavy (non-hydrogen) atoms. The Morgan fingerprint density at radius 2 is 1.86 bits per heavy atom. The summed E-state index contributed by atoms with van der Waals surface area (Å²) in [6.07, 6.45) is 0.00321. The summed E-state index contributed by atoms with van der Waals surface area (Å²) >= 11 is 0. The first-order chi connectivity index (χ1) is 13.9. The van der Waals surface area contributed by atoms with Crippen molar-refractivity contribution in [2.24, 2.45) is 5.92 Å². The number of fused-ring (bicyclic) bond motifs is 1. The molecule has 1 N–H and O–H groups in total. The first kappa shape index (κ1) is 20.5. The van der Waals surface area contributed by atoms with Crippen LogP contribution < -0.4 is 5.56 Å². The molecule has 2 heterocycles. The molecule has 1 atom stereocenters. The van der Waals surface area contributed by atoms with Crippen molar-refractivity contribution < 1.29 is 23.9 Å². The number of hydrogen-bond donors (Lipinski definition) is 1. The molecule has 9 heteroatoms. The molecular formula is C20H23N3O6. The largest absolute Gasteiger partial charge is 0.466 e. The van der Waals surface area contributed by atoms with Crippen LogP contribution in [-0.4, -0.2) is 58.7 Å². The number of benzene rings is 1. The van der Waals surface area contributed by atoms with Gasteiger partial charge in [0.25, 0.3) is 11.5 Å². The molecule has 0 saturated carbocycles. The van der Waals surface area contributed by atoms with Crippen LogP contribution in [0.2, 0.25) is 0 Å². The zero-order valence-corrected chi connectivity index (χ0v) is 16.3. The molecule has 1 fully saturated rings. The molecule has 1 aromatic heterocycles. The fraction of sp³-hybridized carbons (Fsp3) is 0.450. The maximum atomic E-state index is 12.6. The molecule has 1 saturated heterocycles. The molecule has 0 unspecified atom stereocenters. The number of piperidine rings is 1. The van der Waals surface area contributed by atoms with E-state index in [9.17, 15) is 19.2 Å². The van der Waals surface area contributed by atoms with E-state index in [1.165, 1.54) is 6.92 Å². The number of carbonyl (C=O) groups excluding carboxylic acids is 3. The number of likely N-dealkylation sites (tertiary alicyclic amines) is 1. The second kappa shape index (κ2) is 8.85. The lowest BCUT2D eigenvalue weighted by molar-refractivity contribution is -0.152. The Labute approximate surface area is 167 Å². The van der Waals surface area contributed by atoms with Crippen molar-refractivity contribution in [3.63, 3.8) is 0 Å². The zero-order chi connectivity index (χ0) is 21.0. The summed E-state index contributed by atoms with van der Waals surface area (Å²) in [7, 11) is 0. The molecule has 154 valence electrons. The van der Waals surface area contributed by atoms with Gasteiger partial charge in [-0.1, -0.05) is 18.2 Å². The molecule has 0 radical (unpaired) electrons. The molecule has 0 aliphatic carbocycles. The number of hydrogen-bond acceptors (Lipinski definition) is 7. The Morgan fingerprint density at radius 3 is 2.52 bits per heavy atom. The highest BCUT2D eigenvalue weighted by Crippen LogP contribution is 2.20. The molecule has 1 amide bonds. The van der Waals surface area contributed by atoms with Crippen molar-refractivity contribution in [2.75, 3.05) is 19.7 Å². The van der Waals surface area contributed by atoms with Gasteiger partial charge in [-0.2, -0.15) is 5.10 Å². The standard InChI is InChI=1S/C20H23N3O6/c1-3-28-19(26)13-8-10-23(11-9-13)18(25)12(2)29-20(27)16-14-6-4-5-7-15(14)17(24)22-21-16/h4-7,12-13H,3,8-11H2,1-2H3,(H,22,24)/t12-/m1/s1. The Bertz CT molecular complexity index is 978. The molecular weight excluding hydrogens is 378 g/mol. The van der Waals surface area contributed by atoms with Crippen molar-refractivity contribution in [3.8, 4) is 0 Å². The number of rotatable bonds is 5. The third kappa shape index (κ3) is 4.44. The number of ether oxygens (including phenoxy) is 2. The normalized spacial score (nSPS) is 15.7. The van der Waals surface area contributed by atoms with Crippen LogP contribution in [0.15, 0.2) is 29.1 Å². The molecule has 0 spiro atoms. The van der Waals surface area contributed by atoms with E-state index in [1.54, 1.807) is 36.1 Å². The van der Waals surface area contributed by atoms with E-state index in [-0.39, 0.29) is 23.5 Å². The average Bonchev–Trinajstić information content (AvgIpc) is 2.73. The molecule has 1 aromatic carbocycles. The first-order valence-electron chi connectivity index (χ1n) is 9.56. The zero-order valence-electron chi connectivity index (χ0n) is 16.3. The number of nitrogens with zero attached hydrogens (tertiary/aromatic N) is 2. The Kier molecular flexibility index (Phi) is 6.26. The van der Waals surface area contributed by atoms with Gasteiger partial charge in [0.2, 0.25) is 0 Å². The number of nitrogens with one attached hydrogen (secondary N) is 1. The molecule has 9 nitrogen and oxygen atoms in total. The lowest BCUT2D eigenvalue weighted by Crippen LogP contribution is -2.45. The predicted molar refractivity (Wildman–Crippen MR) is 103 cm³/mol. The van der Waals surface area contributed by atoms with Crippen molar-refractivity contribution >= 4 is 28.6 Å². The number of H-pyrrole nitrogens is 1. The van der Waals surface area contributed by atoms with Crippen LogP contribution in [0.3, 0.4) is 0 Å². The lowest BCUT2D eigenvalue weighted by Gasteiger charge is -2.32. The third-order valence-electron chi connectivity index (χ3n) is 4.95. The van der Waals surface area contributed by atoms with Crippen LogP contribution in [0.25, 0.3) is 10.8 Å². The van der Waals surface area contributed by atoms with Gasteiger partial charge < -0.3 is 14.4 Å². The maximum Gasteiger partial charge on any atom is 0.360 e. The number of amides is 1. The smallest absolute Gasteiger partial charge is 0.360 e. The van der Waals surface area contributed by atoms with E-state index in [2.05, 4.69) is 10.2 Å². The summed E-state index contributed by atoms with van der Waals surface area (Å²) in [5.74, 6) is -1.59. The van der Waals surface area contributed by atoms with Gasteiger partial charge in [-0.3, -0.25) is 14.4 Å². The summed E-state index contributed by atoms with van der Waals surface area (Å²) in [6, 6.07) is 6.54.